The Morgan fingerprint density at radius 1 is 0.534 bits per heavy atom. The van der Waals surface area contributed by atoms with Crippen molar-refractivity contribution in [2.45, 2.75) is 137 Å². The first-order valence-corrected chi connectivity index (χ1v) is 23.9. The number of nitrogens with zero attached hydrogens (tertiary/aromatic N) is 1. The van der Waals surface area contributed by atoms with Crippen molar-refractivity contribution in [1.82, 2.24) is 37.2 Å². The van der Waals surface area contributed by atoms with Crippen LogP contribution in [0, 0.1) is 5.92 Å². The molecule has 0 aliphatic carbocycles. The van der Waals surface area contributed by atoms with Crippen molar-refractivity contribution >= 4 is 23.6 Å². The van der Waals surface area contributed by atoms with Crippen LogP contribution in [0.15, 0.2) is 11.9 Å². The van der Waals surface area contributed by atoms with Crippen molar-refractivity contribution < 1.29 is 99.7 Å². The standard InChI is InChI=1S/C45H79N7O21/c1-21-25(18-57-4)69-42(37(64-11)31(21)60-7)49-29(55)16-47-41(56)24-17-52(51-50-24)30-22(2)68-44(39(66-13)34(30)61-8)72-33-27(20-59-6)71-45(40(67-14)36(33)63-10)73-32-26(19-58-5)70-43(38(65-12)35(32)62-9)48-28(54)15-46-23(3)53/h17,21-22,25-27,30-40,42-45,50-51H,15-16,18-20H2,1-14H3,(H,46,53)(H,47,56)(H,48,54)(H,49,55)/t21-,22?,25?,26?,27?,30+,31+,32-,33-,34+,35+,36+,37?,38?,39?,40?,42?,43?,44-,45-/m0/s1. The largest absolute Gasteiger partial charge is 0.382 e. The minimum Gasteiger partial charge on any atom is -0.382 e. The summed E-state index contributed by atoms with van der Waals surface area (Å²) in [6, 6.07) is -0.617. The normalized spacial score (nSPS) is 37.7. The summed E-state index contributed by atoms with van der Waals surface area (Å²) in [6.07, 6.45) is -13.4. The second kappa shape index (κ2) is 29.1. The molecule has 5 rings (SSSR count). The van der Waals surface area contributed by atoms with E-state index in [1.807, 2.05) is 13.8 Å². The van der Waals surface area contributed by atoms with E-state index in [1.54, 1.807) is 19.2 Å². The van der Waals surface area contributed by atoms with Crippen LogP contribution < -0.4 is 32.2 Å². The molecule has 20 atom stereocenters. The van der Waals surface area contributed by atoms with E-state index in [1.165, 1.54) is 77.1 Å². The highest BCUT2D eigenvalue weighted by molar-refractivity contribution is 5.95. The predicted octanol–water partition coefficient (Wildman–Crippen LogP) is -3.61. The van der Waals surface area contributed by atoms with Gasteiger partial charge in [-0.2, -0.15) is 0 Å². The van der Waals surface area contributed by atoms with E-state index in [0.717, 1.165) is 0 Å². The lowest BCUT2D eigenvalue weighted by atomic mass is 9.90. The van der Waals surface area contributed by atoms with Crippen molar-refractivity contribution in [2.24, 2.45) is 5.92 Å². The van der Waals surface area contributed by atoms with Gasteiger partial charge in [-0.05, 0) is 6.92 Å². The predicted molar refractivity (Wildman–Crippen MR) is 249 cm³/mol. The van der Waals surface area contributed by atoms with Crippen LogP contribution in [0.5, 0.6) is 0 Å². The Labute approximate surface area is 426 Å². The molecule has 4 fully saturated rings. The summed E-state index contributed by atoms with van der Waals surface area (Å²) in [5.41, 5.74) is 5.94. The zero-order chi connectivity index (χ0) is 53.5. The highest BCUT2D eigenvalue weighted by Gasteiger charge is 2.56. The molecule has 5 aliphatic rings. The Bertz CT molecular complexity index is 1780. The number of hydrogen-bond donors (Lipinski definition) is 6. The van der Waals surface area contributed by atoms with Gasteiger partial charge >= 0.3 is 0 Å². The second-order valence-electron chi connectivity index (χ2n) is 17.9. The molecule has 28 heteroatoms. The molecular formula is C45H79N7O21. The molecule has 5 heterocycles. The van der Waals surface area contributed by atoms with Crippen LogP contribution in [0.2, 0.25) is 0 Å². The quantitative estimate of drug-likeness (QED) is 0.0488. The first-order chi connectivity index (χ1) is 35.1. The molecule has 28 nitrogen and oxygen atoms in total. The maximum atomic E-state index is 13.4. The molecule has 0 saturated carbocycles. The average Bonchev–Trinajstić information content (AvgIpc) is 3.86. The third-order valence-electron chi connectivity index (χ3n) is 13.5. The lowest BCUT2D eigenvalue weighted by Crippen LogP contribution is -2.69. The highest BCUT2D eigenvalue weighted by Crippen LogP contribution is 2.37. The van der Waals surface area contributed by atoms with Crippen molar-refractivity contribution in [3.8, 4) is 0 Å². The molecule has 10 unspecified atom stereocenters. The summed E-state index contributed by atoms with van der Waals surface area (Å²) >= 11 is 0. The van der Waals surface area contributed by atoms with Crippen molar-refractivity contribution in [1.29, 1.82) is 0 Å². The number of methoxy groups -OCH3 is 11. The Hall–Kier alpha value is -3.50. The van der Waals surface area contributed by atoms with Gasteiger partial charge in [0.25, 0.3) is 5.91 Å². The molecule has 4 saturated heterocycles. The topological polar surface area (TPSA) is 301 Å². The van der Waals surface area contributed by atoms with Crippen LogP contribution in [0.3, 0.4) is 0 Å². The van der Waals surface area contributed by atoms with Crippen LogP contribution in [-0.4, -0.2) is 256 Å². The summed E-state index contributed by atoms with van der Waals surface area (Å²) in [5, 5.41) is 12.2. The van der Waals surface area contributed by atoms with E-state index in [0.29, 0.717) is 0 Å². The first-order valence-electron chi connectivity index (χ1n) is 23.9. The maximum absolute atomic E-state index is 13.4. The third kappa shape index (κ3) is 14.5. The Balaban J connectivity index is 1.27. The molecular weight excluding hydrogens is 975 g/mol. The first kappa shape index (κ1) is 60.4. The minimum atomic E-state index is -1.15. The van der Waals surface area contributed by atoms with E-state index < -0.39 is 128 Å². The zero-order valence-electron chi connectivity index (χ0n) is 44.2. The molecule has 6 N–H and O–H groups in total. The number of rotatable bonds is 26. The number of carbonyl (C=O) groups is 4. The van der Waals surface area contributed by atoms with Gasteiger partial charge in [0.05, 0.1) is 51.2 Å². The molecule has 73 heavy (non-hydrogen) atoms. The fraction of sp³-hybridized carbons (Fsp3) is 0.867. The van der Waals surface area contributed by atoms with Crippen LogP contribution in [0.1, 0.15) is 20.8 Å². The molecule has 0 bridgehead atoms. The van der Waals surface area contributed by atoms with Gasteiger partial charge in [0, 0.05) is 97.2 Å². The lowest BCUT2D eigenvalue weighted by molar-refractivity contribution is -0.376. The number of hydrogen-bond acceptors (Lipinski definition) is 24. The Morgan fingerprint density at radius 3 is 1.48 bits per heavy atom. The molecule has 0 aromatic carbocycles. The molecule has 0 aromatic heterocycles. The number of amides is 4. The maximum Gasteiger partial charge on any atom is 0.270 e. The Morgan fingerprint density at radius 2 is 0.973 bits per heavy atom. The molecule has 4 amide bonds. The van der Waals surface area contributed by atoms with Gasteiger partial charge in [-0.25, -0.2) is 0 Å². The molecule has 5 aliphatic heterocycles. The molecule has 0 spiro atoms. The van der Waals surface area contributed by atoms with Gasteiger partial charge in [-0.3, -0.25) is 29.6 Å². The lowest BCUT2D eigenvalue weighted by Gasteiger charge is -2.51. The number of ether oxygens (including phenoxy) is 17. The summed E-state index contributed by atoms with van der Waals surface area (Å²) < 4.78 is 103. The molecule has 0 radical (unpaired) electrons. The van der Waals surface area contributed by atoms with Crippen LogP contribution in [0.4, 0.5) is 0 Å². The minimum absolute atomic E-state index is 0.00164. The number of nitrogens with one attached hydrogen (secondary N) is 6. The van der Waals surface area contributed by atoms with E-state index in [2.05, 4.69) is 32.2 Å². The monoisotopic (exact) mass is 1050 g/mol. The smallest absolute Gasteiger partial charge is 0.270 e. The van der Waals surface area contributed by atoms with Crippen molar-refractivity contribution in [2.75, 3.05) is 111 Å². The van der Waals surface area contributed by atoms with Crippen LogP contribution in [-0.2, 0) is 99.7 Å². The molecule has 420 valence electrons. The van der Waals surface area contributed by atoms with Gasteiger partial charge in [0.2, 0.25) is 17.7 Å². The van der Waals surface area contributed by atoms with E-state index in [-0.39, 0.29) is 56.5 Å². The van der Waals surface area contributed by atoms with Gasteiger partial charge in [0.1, 0.15) is 78.9 Å². The van der Waals surface area contributed by atoms with Gasteiger partial charge in [-0.1, -0.05) is 6.92 Å². The Kier molecular flexibility index (Phi) is 24.1. The third-order valence-corrected chi connectivity index (χ3v) is 13.5. The van der Waals surface area contributed by atoms with Gasteiger partial charge in [0.15, 0.2) is 25.0 Å². The average molecular weight is 1050 g/mol. The molecule has 0 aromatic rings. The summed E-state index contributed by atoms with van der Waals surface area (Å²) in [5.74, 6) is -2.09. The van der Waals surface area contributed by atoms with E-state index in [9.17, 15) is 19.2 Å². The fourth-order valence-electron chi connectivity index (χ4n) is 9.93. The van der Waals surface area contributed by atoms with Gasteiger partial charge in [-0.15, -0.1) is 5.53 Å². The van der Waals surface area contributed by atoms with E-state index >= 15 is 0 Å². The second-order valence-corrected chi connectivity index (χ2v) is 17.9. The summed E-state index contributed by atoms with van der Waals surface area (Å²) in [7, 11) is 16.5. The summed E-state index contributed by atoms with van der Waals surface area (Å²) in [6.45, 7) is 4.69. The fourth-order valence-corrected chi connectivity index (χ4v) is 9.93. The van der Waals surface area contributed by atoms with Gasteiger partial charge < -0.3 is 102 Å². The zero-order valence-corrected chi connectivity index (χ0v) is 44.2. The SMILES string of the molecule is COCC1OC(NC(=O)CNC(=O)C2=CN([C@@H]3C(C)O[C@@H](O[C@H]4C(COC)O[C@@H](O[C@H]5C(COC)OC(NC(=O)CNC(C)=O)C(OC)[C@@H]5OC)C(OC)[C@@H]4OC)C(OC)[C@@H]3OC)NN2)C(OC)[C@H](OC)[C@H]1C. The number of hydrazine groups is 2. The van der Waals surface area contributed by atoms with Crippen molar-refractivity contribution in [3.63, 3.8) is 0 Å². The number of carbonyl (C=O) groups excluding carboxylic acids is 4. The van der Waals surface area contributed by atoms with Crippen LogP contribution in [0.25, 0.3) is 0 Å². The summed E-state index contributed by atoms with van der Waals surface area (Å²) in [4.78, 5) is 50.8. The van der Waals surface area contributed by atoms with Crippen LogP contribution >= 0.6 is 0 Å². The van der Waals surface area contributed by atoms with E-state index in [4.69, 9.17) is 80.5 Å². The van der Waals surface area contributed by atoms with Crippen molar-refractivity contribution in [3.05, 3.63) is 11.9 Å². The highest BCUT2D eigenvalue weighted by atomic mass is 16.8.